The van der Waals surface area contributed by atoms with Gasteiger partial charge in [-0.05, 0) is 30.3 Å². The van der Waals surface area contributed by atoms with Crippen molar-refractivity contribution in [3.8, 4) is 0 Å². The molecule has 1 saturated carbocycles. The molecule has 0 aromatic carbocycles. The Kier molecular flexibility index (Phi) is 2.79. The van der Waals surface area contributed by atoms with Crippen LogP contribution >= 0.6 is 0 Å². The minimum Gasteiger partial charge on any atom is -0.481 e. The highest BCUT2D eigenvalue weighted by molar-refractivity contribution is 5.67. The van der Waals surface area contributed by atoms with Gasteiger partial charge in [-0.15, -0.1) is 0 Å². The number of carboxylic acid groups (broad SMARTS) is 1. The minimum atomic E-state index is -0.868. The van der Waals surface area contributed by atoms with Gasteiger partial charge in [-0.3, -0.25) is 4.79 Å². The van der Waals surface area contributed by atoms with Gasteiger partial charge in [-0.1, -0.05) is 18.2 Å². The second kappa shape index (κ2) is 4.21. The Bertz CT molecular complexity index is 426. The molecule has 6 atom stereocenters. The minimum absolute atomic E-state index is 0.0108. The highest BCUT2D eigenvalue weighted by Crippen LogP contribution is 2.54. The molecular weight excluding hydrogens is 232 g/mol. The molecule has 0 radical (unpaired) electrons. The number of fused-ring (bicyclic) bond motifs is 5. The van der Waals surface area contributed by atoms with E-state index in [1.165, 1.54) is 0 Å². The van der Waals surface area contributed by atoms with Crippen LogP contribution in [-0.4, -0.2) is 33.5 Å². The first kappa shape index (κ1) is 11.9. The van der Waals surface area contributed by atoms with Gasteiger partial charge in [0.05, 0.1) is 12.2 Å². The van der Waals surface area contributed by atoms with E-state index in [0.29, 0.717) is 23.8 Å². The Morgan fingerprint density at radius 3 is 2.56 bits per heavy atom. The molecule has 18 heavy (non-hydrogen) atoms. The Morgan fingerprint density at radius 2 is 1.89 bits per heavy atom. The monoisotopic (exact) mass is 250 g/mol. The zero-order chi connectivity index (χ0) is 12.9. The molecule has 3 rings (SSSR count). The number of hydrogen-bond donors (Lipinski definition) is 3. The molecule has 0 unspecified atom stereocenters. The number of allylic oxidation sites excluding steroid dienone is 2. The lowest BCUT2D eigenvalue weighted by Gasteiger charge is -2.39. The van der Waals surface area contributed by atoms with Gasteiger partial charge in [0, 0.05) is 18.3 Å². The molecule has 3 N–H and O–H groups in total. The first-order valence-electron chi connectivity index (χ1n) is 6.55. The van der Waals surface area contributed by atoms with Crippen molar-refractivity contribution in [2.24, 2.45) is 23.7 Å². The van der Waals surface area contributed by atoms with Crippen molar-refractivity contribution in [3.63, 3.8) is 0 Å². The fraction of sp³-hybridized carbons (Fsp3) is 0.643. The van der Waals surface area contributed by atoms with Crippen LogP contribution in [0, 0.1) is 23.7 Å². The summed E-state index contributed by atoms with van der Waals surface area (Å²) >= 11 is 0. The standard InChI is InChI=1S/C14H18O4/c15-10-6-9(3-4-11(16)17)14(18)13-8-2-1-7(5-8)12(10)13/h1-2,6-8,10,12-15,18H,3-5H2,(H,16,17)/t7-,8+,10+,12+,13+,14-/m1/s1. The van der Waals surface area contributed by atoms with Gasteiger partial charge in [0.15, 0.2) is 0 Å². The van der Waals surface area contributed by atoms with E-state index in [1.807, 2.05) is 0 Å². The van der Waals surface area contributed by atoms with Gasteiger partial charge in [0.25, 0.3) is 0 Å². The third kappa shape index (κ3) is 1.71. The SMILES string of the molecule is O=C(O)CCC1=C[C@H](O)[C@H]2[C@@H]([C@@H]1O)[C@H]1C=C[C@@H]2C1. The molecule has 4 nitrogen and oxygen atoms in total. The molecule has 0 aliphatic heterocycles. The third-order valence-electron chi connectivity index (χ3n) is 4.73. The zero-order valence-electron chi connectivity index (χ0n) is 10.1. The topological polar surface area (TPSA) is 77.8 Å². The lowest BCUT2D eigenvalue weighted by Crippen LogP contribution is -2.42. The molecule has 2 bridgehead atoms. The summed E-state index contributed by atoms with van der Waals surface area (Å²) in [6, 6.07) is 0. The summed E-state index contributed by atoms with van der Waals surface area (Å²) in [5.74, 6) is 0.0417. The number of rotatable bonds is 3. The van der Waals surface area contributed by atoms with Crippen molar-refractivity contribution in [1.29, 1.82) is 0 Å². The Labute approximate surface area is 106 Å². The van der Waals surface area contributed by atoms with Crippen molar-refractivity contribution in [1.82, 2.24) is 0 Å². The van der Waals surface area contributed by atoms with Crippen LogP contribution in [0.1, 0.15) is 19.3 Å². The van der Waals surface area contributed by atoms with Crippen LogP contribution in [0.15, 0.2) is 23.8 Å². The van der Waals surface area contributed by atoms with Crippen molar-refractivity contribution < 1.29 is 20.1 Å². The first-order chi connectivity index (χ1) is 8.58. The second-order valence-electron chi connectivity index (χ2n) is 5.67. The van der Waals surface area contributed by atoms with Gasteiger partial charge in [-0.25, -0.2) is 0 Å². The van der Waals surface area contributed by atoms with Crippen molar-refractivity contribution in [2.45, 2.75) is 31.5 Å². The summed E-state index contributed by atoms with van der Waals surface area (Å²) in [6.45, 7) is 0. The van der Waals surface area contributed by atoms with E-state index in [9.17, 15) is 15.0 Å². The largest absolute Gasteiger partial charge is 0.481 e. The van der Waals surface area contributed by atoms with Crippen LogP contribution in [0.5, 0.6) is 0 Å². The van der Waals surface area contributed by atoms with Crippen molar-refractivity contribution in [2.75, 3.05) is 0 Å². The lowest BCUT2D eigenvalue weighted by molar-refractivity contribution is -0.137. The molecule has 98 valence electrons. The molecule has 1 fully saturated rings. The molecule has 0 aromatic heterocycles. The predicted octanol–water partition coefficient (Wildman–Crippen LogP) is 0.951. The summed E-state index contributed by atoms with van der Waals surface area (Å²) in [4.78, 5) is 10.6. The van der Waals surface area contributed by atoms with Gasteiger partial charge in [-0.2, -0.15) is 0 Å². The van der Waals surface area contributed by atoms with E-state index < -0.39 is 18.2 Å². The number of carbonyl (C=O) groups is 1. The fourth-order valence-corrected chi connectivity index (χ4v) is 3.98. The van der Waals surface area contributed by atoms with Crippen LogP contribution in [0.25, 0.3) is 0 Å². The van der Waals surface area contributed by atoms with Crippen LogP contribution in [0.2, 0.25) is 0 Å². The molecule has 0 amide bonds. The summed E-state index contributed by atoms with van der Waals surface area (Å²) in [5, 5.41) is 29.3. The third-order valence-corrected chi connectivity index (χ3v) is 4.73. The van der Waals surface area contributed by atoms with E-state index in [4.69, 9.17) is 5.11 Å². The van der Waals surface area contributed by atoms with Gasteiger partial charge < -0.3 is 15.3 Å². The van der Waals surface area contributed by atoms with Gasteiger partial charge >= 0.3 is 5.97 Å². The molecule has 0 heterocycles. The normalized spacial score (nSPS) is 44.9. The van der Waals surface area contributed by atoms with E-state index in [-0.39, 0.29) is 18.3 Å². The summed E-state index contributed by atoms with van der Waals surface area (Å²) < 4.78 is 0. The Balaban J connectivity index is 1.81. The van der Waals surface area contributed by atoms with Crippen LogP contribution < -0.4 is 0 Å². The van der Waals surface area contributed by atoms with E-state index in [0.717, 1.165) is 6.42 Å². The highest BCUT2D eigenvalue weighted by Gasteiger charge is 2.52. The maximum absolute atomic E-state index is 10.6. The van der Waals surface area contributed by atoms with E-state index in [1.54, 1.807) is 6.08 Å². The smallest absolute Gasteiger partial charge is 0.303 e. The maximum atomic E-state index is 10.6. The van der Waals surface area contributed by atoms with Crippen LogP contribution in [0.4, 0.5) is 0 Å². The first-order valence-corrected chi connectivity index (χ1v) is 6.55. The number of aliphatic hydroxyl groups excluding tert-OH is 2. The average molecular weight is 250 g/mol. The molecule has 0 saturated heterocycles. The Hall–Kier alpha value is -1.13. The quantitative estimate of drug-likeness (QED) is 0.652. The number of hydrogen-bond acceptors (Lipinski definition) is 3. The summed E-state index contributed by atoms with van der Waals surface area (Å²) in [6.07, 6.45) is 6.21. The van der Waals surface area contributed by atoms with Gasteiger partial charge in [0.2, 0.25) is 0 Å². The average Bonchev–Trinajstić information content (AvgIpc) is 2.92. The lowest BCUT2D eigenvalue weighted by atomic mass is 9.70. The van der Waals surface area contributed by atoms with Crippen LogP contribution in [0.3, 0.4) is 0 Å². The predicted molar refractivity (Wildman–Crippen MR) is 64.7 cm³/mol. The molecule has 0 spiro atoms. The zero-order valence-corrected chi connectivity index (χ0v) is 10.1. The van der Waals surface area contributed by atoms with Crippen LogP contribution in [-0.2, 0) is 4.79 Å². The van der Waals surface area contributed by atoms with Gasteiger partial charge in [0.1, 0.15) is 0 Å². The second-order valence-corrected chi connectivity index (χ2v) is 5.67. The molecular formula is C14H18O4. The van der Waals surface area contributed by atoms with Crippen molar-refractivity contribution >= 4 is 5.97 Å². The highest BCUT2D eigenvalue weighted by atomic mass is 16.4. The Morgan fingerprint density at radius 1 is 1.22 bits per heavy atom. The van der Waals surface area contributed by atoms with E-state index >= 15 is 0 Å². The van der Waals surface area contributed by atoms with E-state index in [2.05, 4.69) is 12.2 Å². The number of aliphatic carboxylic acids is 1. The maximum Gasteiger partial charge on any atom is 0.303 e. The molecule has 3 aliphatic rings. The number of aliphatic hydroxyl groups is 2. The summed E-state index contributed by atoms with van der Waals surface area (Å²) in [7, 11) is 0. The fourth-order valence-electron chi connectivity index (χ4n) is 3.98. The molecule has 3 aliphatic carbocycles. The molecule has 4 heteroatoms. The molecule has 0 aromatic rings. The summed E-state index contributed by atoms with van der Waals surface area (Å²) in [5.41, 5.74) is 0.701. The number of carboxylic acids is 1. The van der Waals surface area contributed by atoms with Crippen molar-refractivity contribution in [3.05, 3.63) is 23.8 Å².